The van der Waals surface area contributed by atoms with Crippen LogP contribution in [0.2, 0.25) is 0 Å². The Kier molecular flexibility index (Phi) is 15.2. The van der Waals surface area contributed by atoms with Crippen LogP contribution in [0.4, 0.5) is 0 Å². The Hall–Kier alpha value is 0.0700. The Morgan fingerprint density at radius 2 is 1.12 bits per heavy atom. The van der Waals surface area contributed by atoms with Crippen LogP contribution in [0.25, 0.3) is 0 Å². The molecule has 0 aromatic heterocycles. The van der Waals surface area contributed by atoms with Crippen molar-refractivity contribution in [3.05, 3.63) is 0 Å². The minimum atomic E-state index is -3.87. The van der Waals surface area contributed by atoms with Gasteiger partial charge in [0.15, 0.2) is 0 Å². The van der Waals surface area contributed by atoms with Gasteiger partial charge in [-0.25, -0.2) is 4.57 Å². The molecule has 152 valence electrons. The largest absolute Gasteiger partial charge is 0.472 e. The topological polar surface area (TPSA) is 55.8 Å². The third-order valence-electron chi connectivity index (χ3n) is 4.27. The van der Waals surface area contributed by atoms with E-state index in [4.69, 9.17) is 9.05 Å². The van der Waals surface area contributed by atoms with Gasteiger partial charge in [0.25, 0.3) is 0 Å². The van der Waals surface area contributed by atoms with Crippen LogP contribution in [0.15, 0.2) is 0 Å². The van der Waals surface area contributed by atoms with E-state index in [1.165, 1.54) is 64.2 Å². The first-order chi connectivity index (χ1) is 11.8. The number of likely N-dealkylation sites (N-methyl/N-ethyl adjacent to an activating group) is 1. The molecule has 0 aromatic rings. The van der Waals surface area contributed by atoms with Crippen molar-refractivity contribution in [2.45, 2.75) is 84.0 Å². The highest BCUT2D eigenvalue weighted by Crippen LogP contribution is 2.43. The molecule has 0 aliphatic carbocycles. The molecule has 5 nitrogen and oxygen atoms in total. The summed E-state index contributed by atoms with van der Waals surface area (Å²) in [5.74, 6) is 0. The minimum Gasteiger partial charge on any atom is -0.329 e. The van der Waals surface area contributed by atoms with Crippen molar-refractivity contribution in [2.75, 3.05) is 40.9 Å². The molecule has 0 amide bonds. The fourth-order valence-corrected chi connectivity index (χ4v) is 3.34. The van der Waals surface area contributed by atoms with Crippen molar-refractivity contribution in [1.29, 1.82) is 0 Å². The lowest BCUT2D eigenvalue weighted by Gasteiger charge is -2.24. The number of hydrogen-bond donors (Lipinski definition) is 1. The van der Waals surface area contributed by atoms with Gasteiger partial charge >= 0.3 is 7.82 Å². The van der Waals surface area contributed by atoms with Crippen LogP contribution in [0.1, 0.15) is 84.0 Å². The summed E-state index contributed by atoms with van der Waals surface area (Å²) in [6, 6.07) is 0. The van der Waals surface area contributed by atoms with Crippen LogP contribution < -0.4 is 0 Å². The maximum absolute atomic E-state index is 11.7. The first-order valence-electron chi connectivity index (χ1n) is 10.2. The Morgan fingerprint density at radius 3 is 1.56 bits per heavy atom. The Labute approximate surface area is 156 Å². The molecule has 25 heavy (non-hydrogen) atoms. The number of hydrogen-bond acceptors (Lipinski definition) is 3. The highest BCUT2D eigenvalue weighted by molar-refractivity contribution is 7.47. The predicted octanol–water partition coefficient (Wildman–Crippen LogP) is 5.53. The third-order valence-corrected chi connectivity index (χ3v) is 5.29. The molecule has 0 aliphatic heterocycles. The molecule has 0 bridgehead atoms. The summed E-state index contributed by atoms with van der Waals surface area (Å²) in [7, 11) is 2.17. The van der Waals surface area contributed by atoms with E-state index in [2.05, 4.69) is 6.92 Å². The van der Waals surface area contributed by atoms with Crippen molar-refractivity contribution < 1.29 is 23.0 Å². The van der Waals surface area contributed by atoms with Crippen LogP contribution in [0.5, 0.6) is 0 Å². The fraction of sp³-hybridized carbons (Fsp3) is 1.00. The van der Waals surface area contributed by atoms with Gasteiger partial charge in [-0.15, -0.1) is 0 Å². The van der Waals surface area contributed by atoms with Gasteiger partial charge in [0.05, 0.1) is 27.7 Å². The van der Waals surface area contributed by atoms with E-state index < -0.39 is 7.82 Å². The zero-order valence-electron chi connectivity index (χ0n) is 17.2. The van der Waals surface area contributed by atoms with Gasteiger partial charge in [-0.2, -0.15) is 0 Å². The number of nitrogens with zero attached hydrogens (tertiary/aromatic N) is 1. The molecule has 6 heteroatoms. The normalized spacial score (nSPS) is 14.6. The van der Waals surface area contributed by atoms with Crippen molar-refractivity contribution >= 4 is 7.82 Å². The molecule has 1 atom stereocenters. The molecule has 0 aliphatic rings. The number of rotatable bonds is 18. The highest BCUT2D eigenvalue weighted by Gasteiger charge is 2.21. The van der Waals surface area contributed by atoms with Gasteiger partial charge in [-0.3, -0.25) is 9.05 Å². The lowest BCUT2D eigenvalue weighted by molar-refractivity contribution is -0.870. The number of phosphoric acid groups is 1. The Morgan fingerprint density at radius 1 is 0.720 bits per heavy atom. The average molecular weight is 381 g/mol. The highest BCUT2D eigenvalue weighted by atomic mass is 31.2. The molecule has 1 N–H and O–H groups in total. The molecular weight excluding hydrogens is 337 g/mol. The molecule has 0 radical (unpaired) electrons. The summed E-state index contributed by atoms with van der Waals surface area (Å²) >= 11 is 0. The maximum atomic E-state index is 11.7. The summed E-state index contributed by atoms with van der Waals surface area (Å²) in [4.78, 5) is 9.59. The molecular formula is C19H43NO4P+. The van der Waals surface area contributed by atoms with E-state index in [0.29, 0.717) is 17.6 Å². The SMILES string of the molecule is CCCCCCCCCCCCCCOP(=O)(O)OCC[N+](C)(C)C. The van der Waals surface area contributed by atoms with Gasteiger partial charge < -0.3 is 9.38 Å². The summed E-state index contributed by atoms with van der Waals surface area (Å²) in [5, 5.41) is 0. The van der Waals surface area contributed by atoms with E-state index in [9.17, 15) is 9.46 Å². The monoisotopic (exact) mass is 380 g/mol. The lowest BCUT2D eigenvalue weighted by atomic mass is 10.1. The smallest absolute Gasteiger partial charge is 0.329 e. The third kappa shape index (κ3) is 20.2. The second-order valence-electron chi connectivity index (χ2n) is 8.04. The van der Waals surface area contributed by atoms with Gasteiger partial charge in [0.2, 0.25) is 0 Å². The van der Waals surface area contributed by atoms with E-state index in [1.807, 2.05) is 21.1 Å². The Bertz CT molecular complexity index is 345. The van der Waals surface area contributed by atoms with Crippen LogP contribution in [-0.2, 0) is 13.6 Å². The first-order valence-corrected chi connectivity index (χ1v) is 11.7. The first kappa shape index (κ1) is 25.1. The van der Waals surface area contributed by atoms with E-state index >= 15 is 0 Å². The predicted molar refractivity (Wildman–Crippen MR) is 106 cm³/mol. The van der Waals surface area contributed by atoms with Crippen LogP contribution in [-0.4, -0.2) is 50.3 Å². The van der Waals surface area contributed by atoms with Crippen molar-refractivity contribution in [1.82, 2.24) is 0 Å². The average Bonchev–Trinajstić information content (AvgIpc) is 2.50. The van der Waals surface area contributed by atoms with Crippen molar-refractivity contribution in [3.63, 3.8) is 0 Å². The van der Waals surface area contributed by atoms with Crippen LogP contribution in [0.3, 0.4) is 0 Å². The van der Waals surface area contributed by atoms with Gasteiger partial charge in [-0.05, 0) is 6.42 Å². The summed E-state index contributed by atoms with van der Waals surface area (Å²) in [5.41, 5.74) is 0. The zero-order chi connectivity index (χ0) is 19.0. The molecule has 0 spiro atoms. The lowest BCUT2D eigenvalue weighted by Crippen LogP contribution is -2.37. The molecule has 0 fully saturated rings. The second-order valence-corrected chi connectivity index (χ2v) is 9.49. The number of quaternary nitrogens is 1. The van der Waals surface area contributed by atoms with Gasteiger partial charge in [0.1, 0.15) is 13.2 Å². The van der Waals surface area contributed by atoms with Crippen LogP contribution in [0, 0.1) is 0 Å². The van der Waals surface area contributed by atoms with E-state index in [-0.39, 0.29) is 6.61 Å². The second kappa shape index (κ2) is 15.2. The van der Waals surface area contributed by atoms with Crippen molar-refractivity contribution in [3.8, 4) is 0 Å². The summed E-state index contributed by atoms with van der Waals surface area (Å²) < 4.78 is 22.4. The summed E-state index contributed by atoms with van der Waals surface area (Å²) in [6.07, 6.45) is 15.2. The number of unbranched alkanes of at least 4 members (excludes halogenated alkanes) is 11. The molecule has 0 heterocycles. The molecule has 0 rings (SSSR count). The zero-order valence-corrected chi connectivity index (χ0v) is 18.1. The van der Waals surface area contributed by atoms with E-state index in [0.717, 1.165) is 12.8 Å². The quantitative estimate of drug-likeness (QED) is 0.193. The maximum Gasteiger partial charge on any atom is 0.472 e. The minimum absolute atomic E-state index is 0.232. The van der Waals surface area contributed by atoms with Gasteiger partial charge in [-0.1, -0.05) is 77.6 Å². The number of phosphoric ester groups is 1. The standard InChI is InChI=1S/C19H42NO4P/c1-5-6-7-8-9-10-11-12-13-14-15-16-18-23-25(21,22)24-19-17-20(2,3)4/h5-19H2,1-4H3/p+1. The molecule has 0 aromatic carbocycles. The molecule has 1 unspecified atom stereocenters. The fourth-order valence-electron chi connectivity index (χ4n) is 2.59. The summed E-state index contributed by atoms with van der Waals surface area (Å²) in [6.45, 7) is 3.46. The molecule has 0 saturated heterocycles. The van der Waals surface area contributed by atoms with Crippen LogP contribution >= 0.6 is 7.82 Å². The van der Waals surface area contributed by atoms with E-state index in [1.54, 1.807) is 0 Å². The molecule has 0 saturated carbocycles. The van der Waals surface area contributed by atoms with Gasteiger partial charge in [0, 0.05) is 0 Å². The van der Waals surface area contributed by atoms with Crippen molar-refractivity contribution in [2.24, 2.45) is 0 Å². The Balaban J connectivity index is 3.35.